The molecule has 3 aromatic rings. The summed E-state index contributed by atoms with van der Waals surface area (Å²) in [6.45, 7) is 5.25. The van der Waals surface area contributed by atoms with E-state index in [0.29, 0.717) is 12.4 Å². The molecule has 0 aliphatic carbocycles. The number of carbonyl (C=O) groups excluding carboxylic acids is 1. The van der Waals surface area contributed by atoms with Crippen LogP contribution in [0.2, 0.25) is 0 Å². The first-order chi connectivity index (χ1) is 12.6. The SMILES string of the molecule is Cc1coc(-c2cc(NC(=O)N3CCc4ccccc4C3)ccc2C)n1.[HH]. The maximum absolute atomic E-state index is 12.7. The third-order valence-corrected chi connectivity index (χ3v) is 4.76. The average molecular weight is 349 g/mol. The number of urea groups is 1. The third-order valence-electron chi connectivity index (χ3n) is 4.76. The van der Waals surface area contributed by atoms with Gasteiger partial charge in [-0.05, 0) is 49.1 Å². The molecule has 0 atom stereocenters. The molecular formula is C21H23N3O2. The van der Waals surface area contributed by atoms with E-state index in [4.69, 9.17) is 4.42 Å². The Bertz CT molecular complexity index is 968. The molecule has 0 saturated carbocycles. The Morgan fingerprint density at radius 2 is 2.00 bits per heavy atom. The molecule has 0 radical (unpaired) electrons. The molecule has 0 unspecified atom stereocenters. The van der Waals surface area contributed by atoms with E-state index in [9.17, 15) is 4.79 Å². The molecule has 2 amide bonds. The first-order valence-corrected chi connectivity index (χ1v) is 8.76. The molecule has 5 nitrogen and oxygen atoms in total. The first kappa shape index (κ1) is 16.4. The predicted molar refractivity (Wildman–Crippen MR) is 103 cm³/mol. The van der Waals surface area contributed by atoms with Crippen LogP contribution in [0.1, 0.15) is 23.8 Å². The summed E-state index contributed by atoms with van der Waals surface area (Å²) in [4.78, 5) is 18.9. The maximum Gasteiger partial charge on any atom is 0.322 e. The maximum atomic E-state index is 12.7. The highest BCUT2D eigenvalue weighted by Crippen LogP contribution is 2.26. The molecule has 134 valence electrons. The second-order valence-corrected chi connectivity index (χ2v) is 6.69. The molecule has 5 heteroatoms. The topological polar surface area (TPSA) is 58.4 Å². The van der Waals surface area contributed by atoms with Crippen LogP contribution in [-0.4, -0.2) is 22.5 Å². The lowest BCUT2D eigenvalue weighted by Crippen LogP contribution is -2.38. The summed E-state index contributed by atoms with van der Waals surface area (Å²) in [5.41, 5.74) is 6.06. The number of carbonyl (C=O) groups is 1. The standard InChI is InChI=1S/C21H21N3O2.H2/c1-14-7-8-18(11-19(14)20-22-15(2)13-26-20)23-21(25)24-10-9-16-5-3-4-6-17(16)12-24;/h3-8,11,13H,9-10,12H2,1-2H3,(H,23,25);1H. The number of benzene rings is 2. The number of anilines is 1. The van der Waals surface area contributed by atoms with Crippen molar-refractivity contribution in [3.63, 3.8) is 0 Å². The molecule has 1 N–H and O–H groups in total. The van der Waals surface area contributed by atoms with E-state index in [2.05, 4.69) is 22.4 Å². The van der Waals surface area contributed by atoms with Gasteiger partial charge in [-0.2, -0.15) is 0 Å². The van der Waals surface area contributed by atoms with Crippen LogP contribution in [-0.2, 0) is 13.0 Å². The molecule has 0 spiro atoms. The summed E-state index contributed by atoms with van der Waals surface area (Å²) in [6, 6.07) is 14.0. The van der Waals surface area contributed by atoms with Crippen molar-refractivity contribution in [1.82, 2.24) is 9.88 Å². The van der Waals surface area contributed by atoms with Crippen molar-refractivity contribution in [3.05, 3.63) is 71.1 Å². The second-order valence-electron chi connectivity index (χ2n) is 6.69. The monoisotopic (exact) mass is 349 g/mol. The number of amides is 2. The van der Waals surface area contributed by atoms with E-state index in [1.807, 2.05) is 49.1 Å². The number of fused-ring (bicyclic) bond motifs is 1. The third kappa shape index (κ3) is 3.20. The van der Waals surface area contributed by atoms with Gasteiger partial charge in [0.05, 0.1) is 5.69 Å². The Morgan fingerprint density at radius 3 is 2.77 bits per heavy atom. The molecular weight excluding hydrogens is 326 g/mol. The average Bonchev–Trinajstić information content (AvgIpc) is 3.09. The summed E-state index contributed by atoms with van der Waals surface area (Å²) >= 11 is 0. The first-order valence-electron chi connectivity index (χ1n) is 8.76. The number of aromatic nitrogens is 1. The predicted octanol–water partition coefficient (Wildman–Crippen LogP) is 4.79. The summed E-state index contributed by atoms with van der Waals surface area (Å²) in [6.07, 6.45) is 2.52. The van der Waals surface area contributed by atoms with Gasteiger partial charge in [-0.3, -0.25) is 0 Å². The van der Waals surface area contributed by atoms with E-state index in [1.54, 1.807) is 6.26 Å². The highest BCUT2D eigenvalue weighted by molar-refractivity contribution is 5.90. The number of hydrogen-bond acceptors (Lipinski definition) is 3. The fourth-order valence-corrected chi connectivity index (χ4v) is 3.28. The molecule has 1 aliphatic heterocycles. The van der Waals surface area contributed by atoms with Crippen molar-refractivity contribution >= 4 is 11.7 Å². The normalized spacial score (nSPS) is 13.4. The van der Waals surface area contributed by atoms with Gasteiger partial charge in [0, 0.05) is 25.8 Å². The fourth-order valence-electron chi connectivity index (χ4n) is 3.28. The summed E-state index contributed by atoms with van der Waals surface area (Å²) in [5, 5.41) is 3.00. The van der Waals surface area contributed by atoms with Crippen molar-refractivity contribution in [2.75, 3.05) is 11.9 Å². The molecule has 0 fully saturated rings. The second kappa shape index (κ2) is 6.67. The number of oxazole rings is 1. The van der Waals surface area contributed by atoms with Crippen LogP contribution in [0.15, 0.2) is 53.1 Å². The highest BCUT2D eigenvalue weighted by Gasteiger charge is 2.20. The molecule has 0 saturated heterocycles. The van der Waals surface area contributed by atoms with E-state index < -0.39 is 0 Å². The lowest BCUT2D eigenvalue weighted by molar-refractivity contribution is 0.206. The Morgan fingerprint density at radius 1 is 1.19 bits per heavy atom. The van der Waals surface area contributed by atoms with Gasteiger partial charge in [-0.15, -0.1) is 0 Å². The van der Waals surface area contributed by atoms with Gasteiger partial charge in [0.25, 0.3) is 0 Å². The Labute approximate surface area is 154 Å². The van der Waals surface area contributed by atoms with E-state index in [1.165, 1.54) is 11.1 Å². The Kier molecular flexibility index (Phi) is 4.21. The van der Waals surface area contributed by atoms with Crippen LogP contribution in [0.5, 0.6) is 0 Å². The minimum atomic E-state index is -0.0853. The molecule has 1 aromatic heterocycles. The van der Waals surface area contributed by atoms with Crippen LogP contribution in [0, 0.1) is 13.8 Å². The van der Waals surface area contributed by atoms with Gasteiger partial charge in [0.2, 0.25) is 5.89 Å². The van der Waals surface area contributed by atoms with Gasteiger partial charge in [-0.25, -0.2) is 9.78 Å². The molecule has 1 aliphatic rings. The Hall–Kier alpha value is -3.08. The number of nitrogens with one attached hydrogen (secondary N) is 1. The zero-order chi connectivity index (χ0) is 18.1. The molecule has 0 bridgehead atoms. The van der Waals surface area contributed by atoms with Gasteiger partial charge in [0.15, 0.2) is 0 Å². The lowest BCUT2D eigenvalue weighted by Gasteiger charge is -2.29. The summed E-state index contributed by atoms with van der Waals surface area (Å²) in [5.74, 6) is 0.572. The summed E-state index contributed by atoms with van der Waals surface area (Å²) < 4.78 is 5.51. The van der Waals surface area contributed by atoms with Crippen molar-refractivity contribution < 1.29 is 10.6 Å². The minimum Gasteiger partial charge on any atom is -0.444 e. The van der Waals surface area contributed by atoms with Crippen molar-refractivity contribution in [1.29, 1.82) is 0 Å². The number of nitrogens with zero attached hydrogens (tertiary/aromatic N) is 2. The van der Waals surface area contributed by atoms with Crippen molar-refractivity contribution in [2.24, 2.45) is 0 Å². The van der Waals surface area contributed by atoms with Crippen LogP contribution >= 0.6 is 0 Å². The zero-order valence-electron chi connectivity index (χ0n) is 15.0. The van der Waals surface area contributed by atoms with Crippen molar-refractivity contribution in [2.45, 2.75) is 26.8 Å². The number of rotatable bonds is 2. The zero-order valence-corrected chi connectivity index (χ0v) is 15.0. The van der Waals surface area contributed by atoms with Crippen LogP contribution in [0.25, 0.3) is 11.5 Å². The highest BCUT2D eigenvalue weighted by atomic mass is 16.3. The quantitative estimate of drug-likeness (QED) is 0.723. The minimum absolute atomic E-state index is 0. The Balaban J connectivity index is 0.00000210. The molecule has 26 heavy (non-hydrogen) atoms. The number of hydrogen-bond donors (Lipinski definition) is 1. The van der Waals surface area contributed by atoms with Gasteiger partial charge >= 0.3 is 6.03 Å². The van der Waals surface area contributed by atoms with Crippen LogP contribution in [0.3, 0.4) is 0 Å². The van der Waals surface area contributed by atoms with E-state index in [0.717, 1.165) is 35.5 Å². The lowest BCUT2D eigenvalue weighted by atomic mass is 10.0. The van der Waals surface area contributed by atoms with Gasteiger partial charge in [-0.1, -0.05) is 30.3 Å². The molecule has 2 aromatic carbocycles. The summed E-state index contributed by atoms with van der Waals surface area (Å²) in [7, 11) is 0. The van der Waals surface area contributed by atoms with Crippen LogP contribution in [0.4, 0.5) is 10.5 Å². The van der Waals surface area contributed by atoms with Gasteiger partial charge < -0.3 is 14.6 Å². The fraction of sp³-hybridized carbons (Fsp3) is 0.238. The van der Waals surface area contributed by atoms with Crippen molar-refractivity contribution in [3.8, 4) is 11.5 Å². The largest absolute Gasteiger partial charge is 0.444 e. The van der Waals surface area contributed by atoms with Gasteiger partial charge in [0.1, 0.15) is 6.26 Å². The number of aryl methyl sites for hydroxylation is 2. The smallest absolute Gasteiger partial charge is 0.322 e. The van der Waals surface area contributed by atoms with E-state index >= 15 is 0 Å². The van der Waals surface area contributed by atoms with E-state index in [-0.39, 0.29) is 7.46 Å². The molecule has 2 heterocycles. The molecule has 4 rings (SSSR count). The van der Waals surface area contributed by atoms with Crippen LogP contribution < -0.4 is 5.32 Å².